The number of nitrogens with two attached hydrogens (primary N) is 1. The summed E-state index contributed by atoms with van der Waals surface area (Å²) in [5, 5.41) is 18.2. The van der Waals surface area contributed by atoms with E-state index in [0.29, 0.717) is 12.0 Å². The number of unbranched alkanes of at least 4 members (excludes halogenated alkanes) is 12. The highest BCUT2D eigenvalue weighted by molar-refractivity contribution is 8.00. The van der Waals surface area contributed by atoms with Crippen LogP contribution in [0.4, 0.5) is 5.13 Å². The molecule has 14 nitrogen and oxygen atoms in total. The molecule has 2 aromatic rings. The number of esters is 1. The Morgan fingerprint density at radius 2 is 1.73 bits per heavy atom. The lowest BCUT2D eigenvalue weighted by Gasteiger charge is -2.50. The topological polar surface area (TPSA) is 193 Å². The number of β-lactam (4-membered cyclic amide) rings is 1. The zero-order valence-electron chi connectivity index (χ0n) is 30.2. The zero-order valence-corrected chi connectivity index (χ0v) is 31.8. The summed E-state index contributed by atoms with van der Waals surface area (Å²) in [6.07, 6.45) is 20.1. The lowest BCUT2D eigenvalue weighted by molar-refractivity contribution is -0.689. The first-order valence-corrected chi connectivity index (χ1v) is 20.2. The Kier molecular flexibility index (Phi) is 16.8. The molecule has 0 radical (unpaired) electrons. The number of hydrogen-bond donors (Lipinski definition) is 2. The number of carbonyl (C=O) groups is 4. The number of rotatable bonds is 24. The first-order chi connectivity index (χ1) is 25.2. The third-order valence-electron chi connectivity index (χ3n) is 8.86. The number of pyridine rings is 1. The Hall–Kier alpha value is -4.05. The van der Waals surface area contributed by atoms with E-state index in [2.05, 4.69) is 26.8 Å². The van der Waals surface area contributed by atoms with Gasteiger partial charge >= 0.3 is 5.97 Å². The van der Waals surface area contributed by atoms with Gasteiger partial charge in [-0.2, -0.15) is 9.36 Å². The maximum atomic E-state index is 13.2. The second kappa shape index (κ2) is 21.5. The van der Waals surface area contributed by atoms with Crippen LogP contribution in [0.15, 0.2) is 41.0 Å². The number of hydrogen-bond acceptors (Lipinski definition) is 13. The molecule has 2 amide bonds. The quantitative estimate of drug-likeness (QED) is 0.0396. The number of fused-ring (bicyclic) bond motifs is 1. The largest absolute Gasteiger partial charge is 0.543 e. The van der Waals surface area contributed by atoms with Crippen molar-refractivity contribution in [3.8, 4) is 0 Å². The summed E-state index contributed by atoms with van der Waals surface area (Å²) in [4.78, 5) is 61.2. The smallest absolute Gasteiger partial charge is 0.306 e. The van der Waals surface area contributed by atoms with E-state index < -0.39 is 29.2 Å². The van der Waals surface area contributed by atoms with Gasteiger partial charge in [-0.3, -0.25) is 19.3 Å². The molecule has 1 saturated heterocycles. The average Bonchev–Trinajstić information content (AvgIpc) is 3.57. The number of aliphatic carboxylic acids is 1. The van der Waals surface area contributed by atoms with Crippen LogP contribution in [-0.2, 0) is 41.9 Å². The van der Waals surface area contributed by atoms with E-state index in [4.69, 9.17) is 15.3 Å². The minimum atomic E-state index is -1.49. The van der Waals surface area contributed by atoms with Crippen LogP contribution < -0.4 is 20.7 Å². The number of amides is 2. The molecular formula is C36H51N7O7S2. The van der Waals surface area contributed by atoms with Crippen molar-refractivity contribution in [2.75, 3.05) is 18.1 Å². The molecule has 2 atom stereocenters. The Labute approximate surface area is 313 Å². The van der Waals surface area contributed by atoms with Crippen LogP contribution in [0.2, 0.25) is 0 Å². The standard InChI is InChI=1S/C36H51N7O7S2/c1-3-5-6-7-8-9-10-11-12-13-14-15-16-19-27(44)49-23-25-18-17-20-42(21-25)22-26-24-51-34-29(33(46)43(34)30(26)35(47)48)38-32(45)28(40-50-4-2)31-39-36(37)52-41-31/h17-18,20-21,29,34H,3-16,19,22-24H2,1-2H3,(H3-,37,38,39,41,45,47,48)/t29?,34-/m1/s1. The number of aromatic nitrogens is 3. The van der Waals surface area contributed by atoms with E-state index in [1.54, 1.807) is 30.0 Å². The molecule has 0 bridgehead atoms. The number of nitrogen functional groups attached to an aromatic ring is 1. The number of anilines is 1. The third-order valence-corrected chi connectivity index (χ3v) is 10.7. The number of carbonyl (C=O) groups excluding carboxylic acids is 4. The fraction of sp³-hybridized carbons (Fsp3) is 0.611. The first-order valence-electron chi connectivity index (χ1n) is 18.4. The number of oxime groups is 1. The van der Waals surface area contributed by atoms with E-state index in [1.807, 2.05) is 6.07 Å². The zero-order chi connectivity index (χ0) is 37.3. The highest BCUT2D eigenvalue weighted by Crippen LogP contribution is 2.40. The SMILES string of the molecule is CCCCCCCCCCCCCCCC(=O)OCc1ccc[n+](CC2=C(C(=O)[O-])N3C(=O)C(NC(=O)C(=NOCC)c4nsc(N)n4)[C@H]3SC2)c1. The number of carboxylic acid groups (broad SMARTS) is 1. The molecule has 0 spiro atoms. The summed E-state index contributed by atoms with van der Waals surface area (Å²) in [7, 11) is 0. The van der Waals surface area contributed by atoms with Gasteiger partial charge in [0.2, 0.25) is 11.5 Å². The minimum Gasteiger partial charge on any atom is -0.543 e. The fourth-order valence-corrected chi connectivity index (χ4v) is 7.92. The molecule has 2 aliphatic rings. The van der Waals surface area contributed by atoms with Crippen LogP contribution in [0.3, 0.4) is 0 Å². The predicted octanol–water partition coefficient (Wildman–Crippen LogP) is 3.78. The molecule has 52 heavy (non-hydrogen) atoms. The van der Waals surface area contributed by atoms with E-state index in [0.717, 1.165) is 41.3 Å². The summed E-state index contributed by atoms with van der Waals surface area (Å²) >= 11 is 2.20. The summed E-state index contributed by atoms with van der Waals surface area (Å²) < 4.78 is 11.3. The maximum Gasteiger partial charge on any atom is 0.306 e. The van der Waals surface area contributed by atoms with Crippen molar-refractivity contribution in [1.82, 2.24) is 19.6 Å². The highest BCUT2D eigenvalue weighted by atomic mass is 32.2. The molecule has 4 heterocycles. The molecule has 3 N–H and O–H groups in total. The van der Waals surface area contributed by atoms with Crippen LogP contribution in [0.25, 0.3) is 0 Å². The van der Waals surface area contributed by atoms with Crippen molar-refractivity contribution in [3.63, 3.8) is 0 Å². The van der Waals surface area contributed by atoms with Crippen LogP contribution in [-0.4, -0.2) is 67.5 Å². The van der Waals surface area contributed by atoms with Gasteiger partial charge in [0, 0.05) is 35.3 Å². The van der Waals surface area contributed by atoms with E-state index in [9.17, 15) is 24.3 Å². The van der Waals surface area contributed by atoms with Crippen molar-refractivity contribution >= 4 is 57.9 Å². The fourth-order valence-electron chi connectivity index (χ4n) is 6.15. The summed E-state index contributed by atoms with van der Waals surface area (Å²) in [6, 6.07) is 2.61. The van der Waals surface area contributed by atoms with Gasteiger partial charge in [0.05, 0.1) is 17.2 Å². The normalized spacial score (nSPS) is 17.1. The number of thioether (sulfide) groups is 1. The molecular weight excluding hydrogens is 707 g/mol. The Morgan fingerprint density at radius 3 is 2.35 bits per heavy atom. The lowest BCUT2D eigenvalue weighted by atomic mass is 10.0. The van der Waals surface area contributed by atoms with Crippen molar-refractivity contribution < 1.29 is 38.4 Å². The highest BCUT2D eigenvalue weighted by Gasteiger charge is 2.53. The molecule has 1 fully saturated rings. The van der Waals surface area contributed by atoms with Crippen molar-refractivity contribution in [1.29, 1.82) is 0 Å². The Morgan fingerprint density at radius 1 is 1.06 bits per heavy atom. The monoisotopic (exact) mass is 757 g/mol. The molecule has 2 aliphatic heterocycles. The molecule has 4 rings (SSSR count). The van der Waals surface area contributed by atoms with Gasteiger partial charge in [0.25, 0.3) is 11.8 Å². The molecule has 0 aromatic carbocycles. The third kappa shape index (κ3) is 12.0. The summed E-state index contributed by atoms with van der Waals surface area (Å²) in [6.45, 7) is 4.39. The number of ether oxygens (including phenoxy) is 1. The van der Waals surface area contributed by atoms with Gasteiger partial charge < -0.3 is 30.5 Å². The maximum absolute atomic E-state index is 13.2. The predicted molar refractivity (Wildman–Crippen MR) is 196 cm³/mol. The number of carboxylic acids is 1. The van der Waals surface area contributed by atoms with Crippen LogP contribution >= 0.6 is 23.3 Å². The Bertz CT molecular complexity index is 1580. The van der Waals surface area contributed by atoms with E-state index in [-0.39, 0.29) is 53.8 Å². The molecule has 16 heteroatoms. The molecule has 2 aromatic heterocycles. The van der Waals surface area contributed by atoms with Crippen LogP contribution in [0, 0.1) is 0 Å². The molecule has 0 aliphatic carbocycles. The average molecular weight is 758 g/mol. The molecule has 284 valence electrons. The van der Waals surface area contributed by atoms with E-state index in [1.165, 1.54) is 76.0 Å². The van der Waals surface area contributed by atoms with Crippen LogP contribution in [0.1, 0.15) is 115 Å². The molecule has 1 unspecified atom stereocenters. The number of nitrogens with one attached hydrogen (secondary N) is 1. The van der Waals surface area contributed by atoms with Gasteiger partial charge in [0.15, 0.2) is 24.1 Å². The summed E-state index contributed by atoms with van der Waals surface area (Å²) in [5.41, 5.74) is 6.41. The Balaban J connectivity index is 1.21. The second-order valence-electron chi connectivity index (χ2n) is 13.0. The lowest BCUT2D eigenvalue weighted by Crippen LogP contribution is -2.71. The van der Waals surface area contributed by atoms with Crippen molar-refractivity contribution in [2.24, 2.45) is 5.16 Å². The number of nitrogens with zero attached hydrogens (tertiary/aromatic N) is 5. The minimum absolute atomic E-state index is 0.0465. The first kappa shape index (κ1) is 40.7. The van der Waals surface area contributed by atoms with Gasteiger partial charge in [0.1, 0.15) is 24.6 Å². The van der Waals surface area contributed by atoms with Gasteiger partial charge in [-0.15, -0.1) is 11.8 Å². The van der Waals surface area contributed by atoms with Crippen molar-refractivity contribution in [2.45, 2.75) is 128 Å². The van der Waals surface area contributed by atoms with Crippen LogP contribution in [0.5, 0.6) is 0 Å². The van der Waals surface area contributed by atoms with Gasteiger partial charge in [-0.25, -0.2) is 4.57 Å². The summed E-state index contributed by atoms with van der Waals surface area (Å²) in [5.74, 6) is -2.85. The van der Waals surface area contributed by atoms with Crippen molar-refractivity contribution in [3.05, 3.63) is 47.2 Å². The molecule has 0 saturated carbocycles. The second-order valence-corrected chi connectivity index (χ2v) is 14.8. The van der Waals surface area contributed by atoms with E-state index >= 15 is 0 Å². The van der Waals surface area contributed by atoms with Gasteiger partial charge in [-0.05, 0) is 19.4 Å². The van der Waals surface area contributed by atoms with Gasteiger partial charge in [-0.1, -0.05) is 89.1 Å².